The van der Waals surface area contributed by atoms with E-state index in [1.807, 2.05) is 6.07 Å². The molecule has 7 nitrogen and oxygen atoms in total. The van der Waals surface area contributed by atoms with Crippen molar-refractivity contribution in [2.24, 2.45) is 0 Å². The maximum atomic E-state index is 12.9. The van der Waals surface area contributed by atoms with Crippen molar-refractivity contribution in [3.05, 3.63) is 59.7 Å². The number of ether oxygens (including phenoxy) is 1. The summed E-state index contributed by atoms with van der Waals surface area (Å²) >= 11 is 0. The number of anilines is 1. The van der Waals surface area contributed by atoms with Gasteiger partial charge in [0.1, 0.15) is 17.4 Å². The van der Waals surface area contributed by atoms with E-state index in [9.17, 15) is 18.5 Å². The van der Waals surface area contributed by atoms with E-state index in [1.54, 1.807) is 36.4 Å². The van der Waals surface area contributed by atoms with Crippen LogP contribution in [0.5, 0.6) is 5.75 Å². The first-order valence-corrected chi connectivity index (χ1v) is 11.1. The van der Waals surface area contributed by atoms with Crippen molar-refractivity contribution in [3.63, 3.8) is 0 Å². The maximum Gasteiger partial charge on any atom is 0.266 e. The highest BCUT2D eigenvalue weighted by atomic mass is 32.2. The Morgan fingerprint density at radius 3 is 2.57 bits per heavy atom. The van der Waals surface area contributed by atoms with E-state index in [-0.39, 0.29) is 10.5 Å². The van der Waals surface area contributed by atoms with E-state index in [0.717, 1.165) is 19.3 Å². The molecule has 156 valence electrons. The molecule has 1 N–H and O–H groups in total. The van der Waals surface area contributed by atoms with Gasteiger partial charge in [0.15, 0.2) is 0 Å². The maximum absolute atomic E-state index is 12.9. The molecular weight excluding hydrogens is 402 g/mol. The Morgan fingerprint density at radius 2 is 1.87 bits per heavy atom. The summed E-state index contributed by atoms with van der Waals surface area (Å²) < 4.78 is 32.4. The zero-order chi connectivity index (χ0) is 21.6. The van der Waals surface area contributed by atoms with Crippen molar-refractivity contribution in [1.82, 2.24) is 4.31 Å². The molecule has 3 rings (SSSR count). The molecule has 0 aromatic heterocycles. The third kappa shape index (κ3) is 4.87. The lowest BCUT2D eigenvalue weighted by Crippen LogP contribution is -2.35. The van der Waals surface area contributed by atoms with Gasteiger partial charge in [0.25, 0.3) is 5.91 Å². The first-order valence-electron chi connectivity index (χ1n) is 9.62. The number of nitrogens with one attached hydrogen (secondary N) is 1. The van der Waals surface area contributed by atoms with Gasteiger partial charge in [0.05, 0.1) is 12.0 Å². The van der Waals surface area contributed by atoms with E-state index in [2.05, 4.69) is 5.32 Å². The molecule has 0 atom stereocenters. The van der Waals surface area contributed by atoms with Gasteiger partial charge < -0.3 is 10.1 Å². The van der Waals surface area contributed by atoms with Crippen LogP contribution >= 0.6 is 0 Å². The third-order valence-corrected chi connectivity index (χ3v) is 6.74. The highest BCUT2D eigenvalue weighted by Crippen LogP contribution is 2.24. The lowest BCUT2D eigenvalue weighted by Gasteiger charge is -2.26. The zero-order valence-corrected chi connectivity index (χ0v) is 17.5. The van der Waals surface area contributed by atoms with Gasteiger partial charge in [-0.2, -0.15) is 9.57 Å². The fraction of sp³-hybridized carbons (Fsp3) is 0.273. The molecule has 0 spiro atoms. The molecule has 1 saturated heterocycles. The minimum atomic E-state index is -3.62. The summed E-state index contributed by atoms with van der Waals surface area (Å²) in [5.41, 5.74) is 0.774. The molecule has 30 heavy (non-hydrogen) atoms. The highest BCUT2D eigenvalue weighted by molar-refractivity contribution is 7.89. The third-order valence-electron chi connectivity index (χ3n) is 4.85. The molecule has 2 aromatic rings. The number of hydrogen-bond acceptors (Lipinski definition) is 5. The highest BCUT2D eigenvalue weighted by Gasteiger charge is 2.26. The molecule has 0 bridgehead atoms. The van der Waals surface area contributed by atoms with Crippen molar-refractivity contribution >= 4 is 27.7 Å². The Labute approximate surface area is 176 Å². The van der Waals surface area contributed by atoms with Crippen LogP contribution < -0.4 is 10.1 Å². The van der Waals surface area contributed by atoms with E-state index < -0.39 is 15.9 Å². The molecule has 1 aliphatic heterocycles. The van der Waals surface area contributed by atoms with E-state index in [4.69, 9.17) is 4.74 Å². The van der Waals surface area contributed by atoms with Crippen molar-refractivity contribution in [3.8, 4) is 11.8 Å². The number of nitriles is 1. The first-order chi connectivity index (χ1) is 14.5. The summed E-state index contributed by atoms with van der Waals surface area (Å²) in [7, 11) is -2.11. The van der Waals surface area contributed by atoms with Gasteiger partial charge >= 0.3 is 0 Å². The van der Waals surface area contributed by atoms with Crippen molar-refractivity contribution in [2.75, 3.05) is 25.5 Å². The topological polar surface area (TPSA) is 99.5 Å². The fourth-order valence-corrected chi connectivity index (χ4v) is 4.84. The number of nitrogens with zero attached hydrogens (tertiary/aromatic N) is 2. The van der Waals surface area contributed by atoms with Crippen molar-refractivity contribution in [2.45, 2.75) is 24.2 Å². The SMILES string of the molecule is COc1ccccc1/C=C(\C#N)C(=O)Nc1cccc(S(=O)(=O)N2CCCCC2)c1. The number of para-hydroxylation sites is 1. The predicted octanol–water partition coefficient (Wildman–Crippen LogP) is 3.42. The average molecular weight is 426 g/mol. The van der Waals surface area contributed by atoms with Gasteiger partial charge in [-0.1, -0.05) is 30.7 Å². The molecule has 0 aliphatic carbocycles. The molecule has 0 saturated carbocycles. The Morgan fingerprint density at radius 1 is 1.13 bits per heavy atom. The smallest absolute Gasteiger partial charge is 0.266 e. The van der Waals surface area contributed by atoms with Crippen LogP contribution in [0.2, 0.25) is 0 Å². The minimum Gasteiger partial charge on any atom is -0.496 e. The monoisotopic (exact) mass is 425 g/mol. The molecule has 1 heterocycles. The second-order valence-electron chi connectivity index (χ2n) is 6.86. The number of benzene rings is 2. The molecule has 1 aliphatic rings. The lowest BCUT2D eigenvalue weighted by atomic mass is 10.1. The number of amides is 1. The first kappa shape index (κ1) is 21.6. The van der Waals surface area contributed by atoms with Gasteiger partial charge in [0, 0.05) is 24.3 Å². The summed E-state index contributed by atoms with van der Waals surface area (Å²) in [6, 6.07) is 15.0. The second-order valence-corrected chi connectivity index (χ2v) is 8.80. The van der Waals surface area contributed by atoms with Crippen LogP contribution in [0.15, 0.2) is 59.0 Å². The number of piperidine rings is 1. The number of carbonyl (C=O) groups is 1. The fourth-order valence-electron chi connectivity index (χ4n) is 3.28. The number of methoxy groups -OCH3 is 1. The summed E-state index contributed by atoms with van der Waals surface area (Å²) in [6.07, 6.45) is 4.14. The van der Waals surface area contributed by atoms with Crippen molar-refractivity contribution < 1.29 is 17.9 Å². The van der Waals surface area contributed by atoms with Gasteiger partial charge in [-0.05, 0) is 43.2 Å². The normalized spacial score (nSPS) is 15.3. The average Bonchev–Trinajstić information content (AvgIpc) is 2.78. The largest absolute Gasteiger partial charge is 0.496 e. The Bertz CT molecular complexity index is 1100. The lowest BCUT2D eigenvalue weighted by molar-refractivity contribution is -0.112. The van der Waals surface area contributed by atoms with Crippen LogP contribution in [0.25, 0.3) is 6.08 Å². The molecular formula is C22H23N3O4S. The van der Waals surface area contributed by atoms with Crippen LogP contribution in [0.1, 0.15) is 24.8 Å². The summed E-state index contributed by atoms with van der Waals surface area (Å²) in [6.45, 7) is 0.998. The Kier molecular flexibility index (Phi) is 6.87. The van der Waals surface area contributed by atoms with Crippen LogP contribution in [0, 0.1) is 11.3 Å². The standard InChI is InChI=1S/C22H23N3O4S/c1-29-21-11-4-3-8-17(21)14-18(16-23)22(26)24-19-9-7-10-20(15-19)30(27,28)25-12-5-2-6-13-25/h3-4,7-11,14-15H,2,5-6,12-13H2,1H3,(H,24,26)/b18-14+. The van der Waals surface area contributed by atoms with Crippen LogP contribution in [0.3, 0.4) is 0 Å². The van der Waals surface area contributed by atoms with Gasteiger partial charge in [-0.3, -0.25) is 4.79 Å². The van der Waals surface area contributed by atoms with E-state index in [1.165, 1.54) is 29.6 Å². The molecule has 1 amide bonds. The number of sulfonamides is 1. The quantitative estimate of drug-likeness (QED) is 0.565. The zero-order valence-electron chi connectivity index (χ0n) is 16.7. The van der Waals surface area contributed by atoms with E-state index in [0.29, 0.717) is 30.1 Å². The molecule has 8 heteroatoms. The Balaban J connectivity index is 1.82. The minimum absolute atomic E-state index is 0.120. The number of rotatable bonds is 6. The Hall–Kier alpha value is -3.15. The van der Waals surface area contributed by atoms with Gasteiger partial charge in [0.2, 0.25) is 10.0 Å². The molecule has 0 radical (unpaired) electrons. The molecule has 2 aromatic carbocycles. The number of hydrogen-bond donors (Lipinski definition) is 1. The summed E-state index contributed by atoms with van der Waals surface area (Å²) in [5.74, 6) is -0.0939. The van der Waals surface area contributed by atoms with Crippen LogP contribution in [-0.2, 0) is 14.8 Å². The summed E-state index contributed by atoms with van der Waals surface area (Å²) in [5, 5.41) is 12.0. The van der Waals surface area contributed by atoms with Gasteiger partial charge in [-0.15, -0.1) is 0 Å². The van der Waals surface area contributed by atoms with Crippen molar-refractivity contribution in [1.29, 1.82) is 5.26 Å². The van der Waals surface area contributed by atoms with Crippen LogP contribution in [-0.4, -0.2) is 38.8 Å². The predicted molar refractivity (Wildman–Crippen MR) is 114 cm³/mol. The van der Waals surface area contributed by atoms with Crippen LogP contribution in [0.4, 0.5) is 5.69 Å². The van der Waals surface area contributed by atoms with E-state index >= 15 is 0 Å². The molecule has 1 fully saturated rings. The second kappa shape index (κ2) is 9.57. The van der Waals surface area contributed by atoms with Gasteiger partial charge in [-0.25, -0.2) is 8.42 Å². The molecule has 0 unspecified atom stereocenters. The number of carbonyl (C=O) groups excluding carboxylic acids is 1. The summed E-state index contributed by atoms with van der Waals surface area (Å²) in [4.78, 5) is 12.7.